The zero-order chi connectivity index (χ0) is 15.3. The summed E-state index contributed by atoms with van der Waals surface area (Å²) in [5.41, 5.74) is 0. The van der Waals surface area contributed by atoms with Gasteiger partial charge in [-0.3, -0.25) is 4.79 Å². The minimum atomic E-state index is -4.33. The Balaban J connectivity index is 2.54. The van der Waals surface area contributed by atoms with E-state index in [0.29, 0.717) is 19.4 Å². The number of likely N-dealkylation sites (tertiary alicyclic amines) is 1. The zero-order valence-electron chi connectivity index (χ0n) is 11.2. The lowest BCUT2D eigenvalue weighted by molar-refractivity contribution is -0.143. The molecular formula is C12H19F3N2O3. The molecule has 0 radical (unpaired) electrons. The zero-order valence-corrected chi connectivity index (χ0v) is 11.2. The molecule has 0 aliphatic carbocycles. The average molecular weight is 296 g/mol. The number of alkyl halides is 3. The van der Waals surface area contributed by atoms with Gasteiger partial charge in [0, 0.05) is 19.1 Å². The fraction of sp³-hybridized carbons (Fsp3) is 0.833. The molecule has 1 aliphatic heterocycles. The fourth-order valence-electron chi connectivity index (χ4n) is 2.21. The van der Waals surface area contributed by atoms with E-state index in [4.69, 9.17) is 5.11 Å². The fourth-order valence-corrected chi connectivity index (χ4v) is 2.21. The molecule has 1 heterocycles. The van der Waals surface area contributed by atoms with Crippen LogP contribution in [0.15, 0.2) is 0 Å². The molecule has 2 amide bonds. The summed E-state index contributed by atoms with van der Waals surface area (Å²) >= 11 is 0. The van der Waals surface area contributed by atoms with E-state index in [1.165, 1.54) is 4.90 Å². The van der Waals surface area contributed by atoms with Crippen LogP contribution in [0, 0.1) is 5.92 Å². The molecule has 5 nitrogen and oxygen atoms in total. The molecule has 20 heavy (non-hydrogen) atoms. The molecule has 0 aromatic heterocycles. The second-order valence-corrected chi connectivity index (χ2v) is 5.00. The van der Waals surface area contributed by atoms with Crippen molar-refractivity contribution >= 4 is 12.0 Å². The third-order valence-electron chi connectivity index (χ3n) is 3.36. The molecule has 1 aliphatic rings. The number of carboxylic acids is 1. The van der Waals surface area contributed by atoms with E-state index in [-0.39, 0.29) is 13.0 Å². The molecular weight excluding hydrogens is 277 g/mol. The number of hydrogen-bond donors (Lipinski definition) is 2. The SMILES string of the molecule is CCC(CC(F)(F)F)NC(=O)N1CCCC(C(=O)O)C1. The van der Waals surface area contributed by atoms with E-state index in [1.54, 1.807) is 6.92 Å². The van der Waals surface area contributed by atoms with Gasteiger partial charge in [0.15, 0.2) is 0 Å². The number of carbonyl (C=O) groups is 2. The van der Waals surface area contributed by atoms with Crippen molar-refractivity contribution in [2.24, 2.45) is 5.92 Å². The predicted octanol–water partition coefficient (Wildman–Crippen LogP) is 2.22. The third-order valence-corrected chi connectivity index (χ3v) is 3.36. The van der Waals surface area contributed by atoms with Gasteiger partial charge >= 0.3 is 18.2 Å². The van der Waals surface area contributed by atoms with Crippen molar-refractivity contribution in [3.63, 3.8) is 0 Å². The summed E-state index contributed by atoms with van der Waals surface area (Å²) in [5, 5.41) is 11.2. The first-order valence-corrected chi connectivity index (χ1v) is 6.58. The van der Waals surface area contributed by atoms with Crippen molar-refractivity contribution in [1.82, 2.24) is 10.2 Å². The van der Waals surface area contributed by atoms with Crippen molar-refractivity contribution in [1.29, 1.82) is 0 Å². The van der Waals surface area contributed by atoms with Crippen LogP contribution in [-0.2, 0) is 4.79 Å². The van der Waals surface area contributed by atoms with Crippen LogP contribution < -0.4 is 5.32 Å². The molecule has 1 rings (SSSR count). The number of carboxylic acid groups (broad SMARTS) is 1. The summed E-state index contributed by atoms with van der Waals surface area (Å²) in [6.45, 7) is 1.98. The van der Waals surface area contributed by atoms with Crippen LogP contribution in [0.2, 0.25) is 0 Å². The smallest absolute Gasteiger partial charge is 0.391 e. The Morgan fingerprint density at radius 2 is 2.10 bits per heavy atom. The van der Waals surface area contributed by atoms with Crippen LogP contribution in [0.4, 0.5) is 18.0 Å². The summed E-state index contributed by atoms with van der Waals surface area (Å²) in [6.07, 6.45) is -4.22. The Morgan fingerprint density at radius 1 is 1.45 bits per heavy atom. The van der Waals surface area contributed by atoms with Gasteiger partial charge in [0.2, 0.25) is 0 Å². The lowest BCUT2D eigenvalue weighted by Crippen LogP contribution is -2.50. The van der Waals surface area contributed by atoms with Crippen molar-refractivity contribution < 1.29 is 27.9 Å². The van der Waals surface area contributed by atoms with E-state index < -0.39 is 36.6 Å². The maximum absolute atomic E-state index is 12.3. The van der Waals surface area contributed by atoms with Gasteiger partial charge in [-0.15, -0.1) is 0 Å². The largest absolute Gasteiger partial charge is 0.481 e. The molecule has 116 valence electrons. The highest BCUT2D eigenvalue weighted by atomic mass is 19.4. The van der Waals surface area contributed by atoms with E-state index >= 15 is 0 Å². The second-order valence-electron chi connectivity index (χ2n) is 5.00. The predicted molar refractivity (Wildman–Crippen MR) is 65.2 cm³/mol. The van der Waals surface area contributed by atoms with E-state index in [2.05, 4.69) is 5.32 Å². The van der Waals surface area contributed by atoms with Gasteiger partial charge in [-0.2, -0.15) is 13.2 Å². The quantitative estimate of drug-likeness (QED) is 0.835. The van der Waals surface area contributed by atoms with Gasteiger partial charge in [0.1, 0.15) is 0 Å². The molecule has 0 aromatic carbocycles. The summed E-state index contributed by atoms with van der Waals surface area (Å²) in [4.78, 5) is 24.0. The van der Waals surface area contributed by atoms with Gasteiger partial charge in [-0.05, 0) is 19.3 Å². The number of nitrogens with zero attached hydrogens (tertiary/aromatic N) is 1. The first-order valence-electron chi connectivity index (χ1n) is 6.58. The highest BCUT2D eigenvalue weighted by Crippen LogP contribution is 2.23. The van der Waals surface area contributed by atoms with Crippen molar-refractivity contribution in [3.8, 4) is 0 Å². The number of hydrogen-bond acceptors (Lipinski definition) is 2. The Labute approximate surface area is 115 Å². The van der Waals surface area contributed by atoms with Gasteiger partial charge < -0.3 is 15.3 Å². The molecule has 2 N–H and O–H groups in total. The molecule has 1 saturated heterocycles. The van der Waals surface area contributed by atoms with Crippen molar-refractivity contribution in [2.75, 3.05) is 13.1 Å². The van der Waals surface area contributed by atoms with Crippen molar-refractivity contribution in [2.45, 2.75) is 44.8 Å². The summed E-state index contributed by atoms with van der Waals surface area (Å²) in [7, 11) is 0. The number of urea groups is 1. The first-order chi connectivity index (χ1) is 9.23. The Kier molecular flexibility index (Phi) is 5.64. The van der Waals surface area contributed by atoms with E-state index in [1.807, 2.05) is 0 Å². The monoisotopic (exact) mass is 296 g/mol. The van der Waals surface area contributed by atoms with E-state index in [9.17, 15) is 22.8 Å². The highest BCUT2D eigenvalue weighted by Gasteiger charge is 2.33. The van der Waals surface area contributed by atoms with Crippen LogP contribution in [0.3, 0.4) is 0 Å². The van der Waals surface area contributed by atoms with E-state index in [0.717, 1.165) is 0 Å². The maximum atomic E-state index is 12.3. The van der Waals surface area contributed by atoms with Crippen molar-refractivity contribution in [3.05, 3.63) is 0 Å². The van der Waals surface area contributed by atoms with Crippen LogP contribution in [0.25, 0.3) is 0 Å². The molecule has 8 heteroatoms. The van der Waals surface area contributed by atoms with Crippen LogP contribution in [-0.4, -0.2) is 47.3 Å². The first kappa shape index (κ1) is 16.6. The Bertz CT molecular complexity index is 360. The van der Waals surface area contributed by atoms with Crippen LogP contribution in [0.5, 0.6) is 0 Å². The third kappa shape index (κ3) is 5.26. The minimum Gasteiger partial charge on any atom is -0.481 e. The number of rotatable bonds is 4. The summed E-state index contributed by atoms with van der Waals surface area (Å²) in [5.74, 6) is -1.62. The Morgan fingerprint density at radius 3 is 2.60 bits per heavy atom. The topological polar surface area (TPSA) is 69.6 Å². The molecule has 1 fully saturated rings. The van der Waals surface area contributed by atoms with Gasteiger partial charge in [0.25, 0.3) is 0 Å². The average Bonchev–Trinajstić information content (AvgIpc) is 2.36. The number of nitrogens with one attached hydrogen (secondary N) is 1. The molecule has 0 saturated carbocycles. The molecule has 2 atom stereocenters. The van der Waals surface area contributed by atoms with Crippen LogP contribution in [0.1, 0.15) is 32.6 Å². The molecule has 0 spiro atoms. The summed E-state index contributed by atoms with van der Waals surface area (Å²) in [6, 6.07) is -1.60. The molecule has 2 unspecified atom stereocenters. The van der Waals surface area contributed by atoms with Gasteiger partial charge in [-0.1, -0.05) is 6.92 Å². The summed E-state index contributed by atoms with van der Waals surface area (Å²) < 4.78 is 36.9. The lowest BCUT2D eigenvalue weighted by Gasteiger charge is -2.32. The number of carbonyl (C=O) groups excluding carboxylic acids is 1. The number of amides is 2. The van der Waals surface area contributed by atoms with Gasteiger partial charge in [-0.25, -0.2) is 4.79 Å². The van der Waals surface area contributed by atoms with Gasteiger partial charge in [0.05, 0.1) is 12.3 Å². The number of aliphatic carboxylic acids is 1. The standard InChI is InChI=1S/C12H19F3N2O3/c1-2-9(6-12(13,14)15)16-11(20)17-5-3-4-8(7-17)10(18)19/h8-9H,2-7H2,1H3,(H,16,20)(H,18,19). The second kappa shape index (κ2) is 6.81. The maximum Gasteiger partial charge on any atom is 0.391 e. The normalized spacial score (nSPS) is 21.4. The minimum absolute atomic E-state index is 0.0453. The molecule has 0 aromatic rings. The van der Waals surface area contributed by atoms with Crippen LogP contribution >= 0.6 is 0 Å². The highest BCUT2D eigenvalue weighted by molar-refractivity contribution is 5.76. The Hall–Kier alpha value is -1.47. The number of halogens is 3. The molecule has 0 bridgehead atoms. The lowest BCUT2D eigenvalue weighted by atomic mass is 9.98. The number of piperidine rings is 1.